The lowest BCUT2D eigenvalue weighted by Gasteiger charge is -2.25. The maximum Gasteiger partial charge on any atom is 0.322 e. The maximum absolute atomic E-state index is 13.5. The normalized spacial score (nSPS) is 13.6. The number of nitrogens with one attached hydrogen (secondary N) is 1. The summed E-state index contributed by atoms with van der Waals surface area (Å²) in [4.78, 5) is 25.4. The summed E-state index contributed by atoms with van der Waals surface area (Å²) in [5, 5.41) is 11.5. The Bertz CT molecular complexity index is 1590. The third-order valence-corrected chi connectivity index (χ3v) is 7.42. The van der Waals surface area contributed by atoms with Crippen molar-refractivity contribution in [3.8, 4) is 34.4 Å². The molecule has 11 nitrogen and oxygen atoms in total. The Labute approximate surface area is 221 Å². The number of ether oxygens (including phenoxy) is 2. The van der Waals surface area contributed by atoms with Gasteiger partial charge in [0.05, 0.1) is 36.4 Å². The number of anilines is 2. The molecule has 194 valence electrons. The largest absolute Gasteiger partial charge is 0.493 e. The Balaban J connectivity index is 1.40. The fraction of sp³-hybridized carbons (Fsp3) is 0.269. The summed E-state index contributed by atoms with van der Waals surface area (Å²) >= 11 is 1.46. The number of carbonyl (C=O) groups is 1. The van der Waals surface area contributed by atoms with E-state index in [-0.39, 0.29) is 11.9 Å². The number of fused-ring (bicyclic) bond motifs is 1. The second-order valence-corrected chi connectivity index (χ2v) is 9.64. The number of furan rings is 1. The van der Waals surface area contributed by atoms with E-state index in [0.29, 0.717) is 38.9 Å². The van der Waals surface area contributed by atoms with Crippen LogP contribution in [-0.2, 0) is 0 Å². The van der Waals surface area contributed by atoms with Crippen LogP contribution < -0.4 is 19.7 Å². The van der Waals surface area contributed by atoms with Crippen LogP contribution >= 0.6 is 11.3 Å². The number of nitrogens with zero attached hydrogens (tertiary/aromatic N) is 5. The summed E-state index contributed by atoms with van der Waals surface area (Å²) in [6.45, 7) is 1.86. The molecule has 0 atom stereocenters. The predicted molar refractivity (Wildman–Crippen MR) is 142 cm³/mol. The molecular weight excluding hydrogens is 508 g/mol. The van der Waals surface area contributed by atoms with Gasteiger partial charge in [0.25, 0.3) is 11.8 Å². The van der Waals surface area contributed by atoms with Gasteiger partial charge in [-0.05, 0) is 55.7 Å². The number of benzene rings is 1. The molecule has 1 amide bonds. The molecule has 1 aromatic carbocycles. The van der Waals surface area contributed by atoms with Crippen molar-refractivity contribution in [2.45, 2.75) is 19.3 Å². The van der Waals surface area contributed by atoms with Gasteiger partial charge in [-0.2, -0.15) is 4.98 Å². The third-order valence-electron chi connectivity index (χ3n) is 6.28. The zero-order chi connectivity index (χ0) is 26.1. The molecule has 0 unspecified atom stereocenters. The van der Waals surface area contributed by atoms with Crippen LogP contribution in [0.5, 0.6) is 11.5 Å². The number of carbonyl (C=O) groups excluding carboxylic acids is 1. The van der Waals surface area contributed by atoms with Crippen molar-refractivity contribution in [3.05, 3.63) is 48.2 Å². The minimum absolute atomic E-state index is 0.0419. The lowest BCUT2D eigenvalue weighted by Crippen LogP contribution is -2.29. The predicted octanol–water partition coefficient (Wildman–Crippen LogP) is 5.26. The van der Waals surface area contributed by atoms with E-state index in [2.05, 4.69) is 20.4 Å². The molecule has 4 aromatic heterocycles. The number of methoxy groups -OCH3 is 2. The summed E-state index contributed by atoms with van der Waals surface area (Å²) < 4.78 is 22.4. The third kappa shape index (κ3) is 4.54. The van der Waals surface area contributed by atoms with Crippen molar-refractivity contribution < 1.29 is 23.1 Å². The first-order chi connectivity index (χ1) is 18.6. The van der Waals surface area contributed by atoms with E-state index in [9.17, 15) is 4.79 Å². The Morgan fingerprint density at radius 3 is 2.63 bits per heavy atom. The average molecular weight is 533 g/mol. The van der Waals surface area contributed by atoms with E-state index in [0.717, 1.165) is 36.6 Å². The van der Waals surface area contributed by atoms with Crippen LogP contribution in [0.4, 0.5) is 11.1 Å². The highest BCUT2D eigenvalue weighted by Crippen LogP contribution is 2.37. The number of rotatable bonds is 7. The number of amides is 1. The molecule has 0 radical (unpaired) electrons. The summed E-state index contributed by atoms with van der Waals surface area (Å²) in [6.07, 6.45) is 4.94. The monoisotopic (exact) mass is 532 g/mol. The molecule has 1 aliphatic heterocycles. The molecule has 1 fully saturated rings. The van der Waals surface area contributed by atoms with Gasteiger partial charge < -0.3 is 23.2 Å². The minimum Gasteiger partial charge on any atom is -0.493 e. The molecule has 5 heterocycles. The number of pyridine rings is 1. The quantitative estimate of drug-likeness (QED) is 0.296. The Hall–Kier alpha value is -4.45. The Morgan fingerprint density at radius 2 is 1.87 bits per heavy atom. The molecule has 0 spiro atoms. The van der Waals surface area contributed by atoms with Crippen LogP contribution in [0.2, 0.25) is 0 Å². The van der Waals surface area contributed by atoms with Crippen LogP contribution in [0, 0.1) is 0 Å². The van der Waals surface area contributed by atoms with E-state index in [1.807, 2.05) is 12.1 Å². The maximum atomic E-state index is 13.5. The van der Waals surface area contributed by atoms with Gasteiger partial charge in [-0.1, -0.05) is 16.4 Å². The first-order valence-electron chi connectivity index (χ1n) is 12.1. The molecule has 0 aliphatic carbocycles. The molecule has 5 aromatic rings. The highest BCUT2D eigenvalue weighted by molar-refractivity contribution is 7.22. The van der Waals surface area contributed by atoms with Gasteiger partial charge >= 0.3 is 6.01 Å². The lowest BCUT2D eigenvalue weighted by atomic mass is 10.1. The van der Waals surface area contributed by atoms with E-state index in [1.54, 1.807) is 38.5 Å². The lowest BCUT2D eigenvalue weighted by molar-refractivity contribution is 0.102. The van der Waals surface area contributed by atoms with Crippen LogP contribution in [-0.4, -0.2) is 53.4 Å². The van der Waals surface area contributed by atoms with Crippen molar-refractivity contribution >= 4 is 38.7 Å². The number of aromatic nitrogens is 4. The van der Waals surface area contributed by atoms with Crippen LogP contribution in [0.25, 0.3) is 33.3 Å². The molecule has 1 N–H and O–H groups in total. The summed E-state index contributed by atoms with van der Waals surface area (Å²) in [5.74, 6) is 1.32. The topological polar surface area (TPSA) is 129 Å². The van der Waals surface area contributed by atoms with E-state index < -0.39 is 5.91 Å². The number of hydrogen-bond acceptors (Lipinski definition) is 11. The second kappa shape index (κ2) is 10.1. The van der Waals surface area contributed by atoms with Crippen molar-refractivity contribution in [2.24, 2.45) is 0 Å². The van der Waals surface area contributed by atoms with Crippen molar-refractivity contribution in [2.75, 3.05) is 37.5 Å². The molecule has 38 heavy (non-hydrogen) atoms. The SMILES string of the molecule is COc1ccc(-c2cc(C(=O)Nc3nnc(-c4ccco4)o3)c3sc(N4CCCCC4)nc3n2)cc1OC. The van der Waals surface area contributed by atoms with Gasteiger partial charge in [-0.3, -0.25) is 10.1 Å². The Kier molecular flexibility index (Phi) is 6.38. The first kappa shape index (κ1) is 23.9. The van der Waals surface area contributed by atoms with E-state index >= 15 is 0 Å². The highest BCUT2D eigenvalue weighted by Gasteiger charge is 2.23. The average Bonchev–Trinajstić information content (AvgIpc) is 3.73. The van der Waals surface area contributed by atoms with E-state index in [4.69, 9.17) is 28.3 Å². The number of piperidine rings is 1. The molecule has 0 bridgehead atoms. The van der Waals surface area contributed by atoms with Crippen molar-refractivity contribution in [3.63, 3.8) is 0 Å². The molecule has 1 saturated heterocycles. The first-order valence-corrected chi connectivity index (χ1v) is 12.9. The van der Waals surface area contributed by atoms with Crippen molar-refractivity contribution in [1.82, 2.24) is 20.2 Å². The summed E-state index contributed by atoms with van der Waals surface area (Å²) in [6, 6.07) is 10.6. The van der Waals surface area contributed by atoms with Gasteiger partial charge in [-0.25, -0.2) is 4.98 Å². The number of hydrogen-bond donors (Lipinski definition) is 1. The van der Waals surface area contributed by atoms with E-state index in [1.165, 1.54) is 24.0 Å². The van der Waals surface area contributed by atoms with Gasteiger partial charge in [0, 0.05) is 18.7 Å². The fourth-order valence-electron chi connectivity index (χ4n) is 4.37. The molecule has 1 aliphatic rings. The van der Waals surface area contributed by atoms with Crippen LogP contribution in [0.15, 0.2) is 51.5 Å². The van der Waals surface area contributed by atoms with Crippen LogP contribution in [0.1, 0.15) is 29.6 Å². The van der Waals surface area contributed by atoms with Crippen molar-refractivity contribution in [1.29, 1.82) is 0 Å². The van der Waals surface area contributed by atoms with Gasteiger partial charge in [-0.15, -0.1) is 5.10 Å². The number of thiazole rings is 1. The fourth-order valence-corrected chi connectivity index (χ4v) is 5.44. The highest BCUT2D eigenvalue weighted by atomic mass is 32.1. The standard InChI is InChI=1S/C26H24N6O5S/c1-34-18-9-8-15(13-20(18)35-2)17-14-16(21-22(27-17)28-26(38-21)32-10-4-3-5-11-32)23(33)29-25-31-30-24(37-25)19-7-6-12-36-19/h6-9,12-14H,3-5,10-11H2,1-2H3,(H,29,31,33). The van der Waals surface area contributed by atoms with Gasteiger partial charge in [0.1, 0.15) is 0 Å². The molecular formula is C26H24N6O5S. The van der Waals surface area contributed by atoms with Gasteiger partial charge in [0.15, 0.2) is 28.0 Å². The second-order valence-electron chi connectivity index (χ2n) is 8.67. The summed E-state index contributed by atoms with van der Waals surface area (Å²) in [5.41, 5.74) is 2.22. The smallest absolute Gasteiger partial charge is 0.322 e. The molecule has 12 heteroatoms. The Morgan fingerprint density at radius 1 is 1.03 bits per heavy atom. The zero-order valence-corrected chi connectivity index (χ0v) is 21.6. The molecule has 0 saturated carbocycles. The summed E-state index contributed by atoms with van der Waals surface area (Å²) in [7, 11) is 3.15. The molecule has 6 rings (SSSR count). The zero-order valence-electron chi connectivity index (χ0n) is 20.8. The minimum atomic E-state index is -0.414. The van der Waals surface area contributed by atoms with Crippen LogP contribution in [0.3, 0.4) is 0 Å². The van der Waals surface area contributed by atoms with Gasteiger partial charge in [0.2, 0.25) is 0 Å².